The smallest absolute Gasteiger partial charge is 0.137 e. The molecule has 0 bridgehead atoms. The van der Waals surface area contributed by atoms with Crippen LogP contribution in [0.15, 0.2) is 24.3 Å². The first-order chi connectivity index (χ1) is 6.26. The number of nitrogens with one attached hydrogen (secondary N) is 1. The molecule has 13 heavy (non-hydrogen) atoms. The summed E-state index contributed by atoms with van der Waals surface area (Å²) in [6.07, 6.45) is 1.71. The van der Waals surface area contributed by atoms with E-state index >= 15 is 0 Å². The minimum absolute atomic E-state index is 0.0669. The zero-order chi connectivity index (χ0) is 9.68. The molecule has 1 rings (SSSR count). The van der Waals surface area contributed by atoms with Crippen LogP contribution in [-0.2, 0) is 11.2 Å². The Bertz CT molecular complexity index is 266. The summed E-state index contributed by atoms with van der Waals surface area (Å²) >= 11 is 0. The minimum Gasteiger partial charge on any atom is -0.311 e. The zero-order valence-electron chi connectivity index (χ0n) is 8.08. The molecule has 2 nitrogen and oxygen atoms in total. The molecule has 1 aromatic rings. The molecule has 1 atom stereocenters. The molecule has 0 aliphatic heterocycles. The van der Waals surface area contributed by atoms with E-state index in [0.29, 0.717) is 0 Å². The van der Waals surface area contributed by atoms with Crippen molar-refractivity contribution in [1.29, 1.82) is 0 Å². The van der Waals surface area contributed by atoms with Gasteiger partial charge < -0.3 is 10.1 Å². The average Bonchev–Trinajstić information content (AvgIpc) is 2.17. The lowest BCUT2D eigenvalue weighted by atomic mass is 10.1. The Kier molecular flexibility index (Phi) is 3.65. The van der Waals surface area contributed by atoms with Gasteiger partial charge in [-0.1, -0.05) is 29.8 Å². The van der Waals surface area contributed by atoms with Crippen molar-refractivity contribution in [3.8, 4) is 0 Å². The highest BCUT2D eigenvalue weighted by atomic mass is 16.1. The van der Waals surface area contributed by atoms with Gasteiger partial charge >= 0.3 is 0 Å². The molecule has 0 radical (unpaired) electrons. The van der Waals surface area contributed by atoms with Crippen LogP contribution < -0.4 is 5.32 Å². The Morgan fingerprint density at radius 3 is 2.46 bits per heavy atom. The van der Waals surface area contributed by atoms with Crippen molar-refractivity contribution in [3.63, 3.8) is 0 Å². The monoisotopic (exact) mass is 177 g/mol. The molecule has 1 unspecified atom stereocenters. The van der Waals surface area contributed by atoms with Gasteiger partial charge in [0.15, 0.2) is 0 Å². The first-order valence-electron chi connectivity index (χ1n) is 4.44. The summed E-state index contributed by atoms with van der Waals surface area (Å²) in [5, 5.41) is 2.95. The normalized spacial score (nSPS) is 12.5. The quantitative estimate of drug-likeness (QED) is 0.703. The van der Waals surface area contributed by atoms with E-state index in [1.54, 1.807) is 7.05 Å². The molecule has 70 valence electrons. The van der Waals surface area contributed by atoms with Crippen LogP contribution in [0, 0.1) is 6.92 Å². The van der Waals surface area contributed by atoms with Crippen molar-refractivity contribution in [2.45, 2.75) is 19.4 Å². The van der Waals surface area contributed by atoms with Crippen LogP contribution in [0.4, 0.5) is 0 Å². The largest absolute Gasteiger partial charge is 0.311 e. The van der Waals surface area contributed by atoms with E-state index in [2.05, 4.69) is 36.5 Å². The maximum absolute atomic E-state index is 10.5. The van der Waals surface area contributed by atoms with E-state index in [9.17, 15) is 4.79 Å². The van der Waals surface area contributed by atoms with Gasteiger partial charge in [-0.05, 0) is 26.0 Å². The average molecular weight is 177 g/mol. The lowest BCUT2D eigenvalue weighted by molar-refractivity contribution is -0.109. The second-order valence-corrected chi connectivity index (χ2v) is 3.22. The van der Waals surface area contributed by atoms with Crippen LogP contribution in [0.1, 0.15) is 11.1 Å². The number of carbonyl (C=O) groups excluding carboxylic acids is 1. The number of aryl methyl sites for hydroxylation is 1. The van der Waals surface area contributed by atoms with Gasteiger partial charge in [0.25, 0.3) is 0 Å². The molecule has 0 saturated carbocycles. The third-order valence-electron chi connectivity index (χ3n) is 2.11. The van der Waals surface area contributed by atoms with Gasteiger partial charge in [0, 0.05) is 0 Å². The minimum atomic E-state index is -0.0669. The molecule has 0 aliphatic carbocycles. The Hall–Kier alpha value is -1.15. The van der Waals surface area contributed by atoms with Crippen LogP contribution in [-0.4, -0.2) is 19.4 Å². The number of carbonyl (C=O) groups is 1. The van der Waals surface area contributed by atoms with Gasteiger partial charge in [0.1, 0.15) is 6.29 Å². The van der Waals surface area contributed by atoms with Crippen LogP contribution in [0.2, 0.25) is 0 Å². The summed E-state index contributed by atoms with van der Waals surface area (Å²) in [6, 6.07) is 8.18. The third-order valence-corrected chi connectivity index (χ3v) is 2.11. The maximum atomic E-state index is 10.5. The Morgan fingerprint density at radius 2 is 2.00 bits per heavy atom. The van der Waals surface area contributed by atoms with Crippen molar-refractivity contribution in [3.05, 3.63) is 35.4 Å². The maximum Gasteiger partial charge on any atom is 0.137 e. The second kappa shape index (κ2) is 4.77. The van der Waals surface area contributed by atoms with E-state index < -0.39 is 0 Å². The molecule has 0 spiro atoms. The molecule has 2 heteroatoms. The topological polar surface area (TPSA) is 29.1 Å². The molecule has 1 aromatic carbocycles. The Labute approximate surface area is 79.0 Å². The molecule has 0 aliphatic rings. The molecule has 0 fully saturated rings. The van der Waals surface area contributed by atoms with Gasteiger partial charge in [-0.15, -0.1) is 0 Å². The number of benzene rings is 1. The van der Waals surface area contributed by atoms with Crippen molar-refractivity contribution >= 4 is 6.29 Å². The molecule has 0 aromatic heterocycles. The number of hydrogen-bond donors (Lipinski definition) is 1. The highest BCUT2D eigenvalue weighted by molar-refractivity contribution is 5.58. The summed E-state index contributed by atoms with van der Waals surface area (Å²) in [7, 11) is 1.80. The molecule has 1 N–H and O–H groups in total. The molecular weight excluding hydrogens is 162 g/mol. The first kappa shape index (κ1) is 9.93. The summed E-state index contributed by atoms with van der Waals surface area (Å²) in [4.78, 5) is 10.5. The number of hydrogen-bond acceptors (Lipinski definition) is 2. The predicted molar refractivity (Wildman–Crippen MR) is 53.8 cm³/mol. The van der Waals surface area contributed by atoms with E-state index in [4.69, 9.17) is 0 Å². The first-order valence-corrected chi connectivity index (χ1v) is 4.44. The fourth-order valence-electron chi connectivity index (χ4n) is 1.20. The summed E-state index contributed by atoms with van der Waals surface area (Å²) in [5.74, 6) is 0. The highest BCUT2D eigenvalue weighted by Gasteiger charge is 2.03. The van der Waals surface area contributed by atoms with E-state index in [-0.39, 0.29) is 6.04 Å². The lowest BCUT2D eigenvalue weighted by Gasteiger charge is -2.08. The van der Waals surface area contributed by atoms with Gasteiger partial charge in [-0.25, -0.2) is 0 Å². The molecule has 0 heterocycles. The van der Waals surface area contributed by atoms with Crippen molar-refractivity contribution in [2.24, 2.45) is 0 Å². The van der Waals surface area contributed by atoms with Crippen LogP contribution in [0.5, 0.6) is 0 Å². The van der Waals surface area contributed by atoms with Crippen molar-refractivity contribution < 1.29 is 4.79 Å². The van der Waals surface area contributed by atoms with Crippen LogP contribution in [0.25, 0.3) is 0 Å². The van der Waals surface area contributed by atoms with Crippen molar-refractivity contribution in [1.82, 2.24) is 5.32 Å². The zero-order valence-corrected chi connectivity index (χ0v) is 8.08. The van der Waals surface area contributed by atoms with Crippen LogP contribution >= 0.6 is 0 Å². The second-order valence-electron chi connectivity index (χ2n) is 3.22. The Morgan fingerprint density at radius 1 is 1.38 bits per heavy atom. The fourth-order valence-corrected chi connectivity index (χ4v) is 1.20. The van der Waals surface area contributed by atoms with Gasteiger partial charge in [0.2, 0.25) is 0 Å². The van der Waals surface area contributed by atoms with Gasteiger partial charge in [-0.3, -0.25) is 0 Å². The van der Waals surface area contributed by atoms with Gasteiger partial charge in [0.05, 0.1) is 6.04 Å². The Balaban J connectivity index is 2.63. The van der Waals surface area contributed by atoms with Gasteiger partial charge in [-0.2, -0.15) is 0 Å². The lowest BCUT2D eigenvalue weighted by Crippen LogP contribution is -2.28. The summed E-state index contributed by atoms with van der Waals surface area (Å²) in [6.45, 7) is 2.05. The van der Waals surface area contributed by atoms with E-state index in [1.165, 1.54) is 11.1 Å². The van der Waals surface area contributed by atoms with Crippen molar-refractivity contribution in [2.75, 3.05) is 7.05 Å². The number of rotatable bonds is 4. The highest BCUT2D eigenvalue weighted by Crippen LogP contribution is 2.04. The van der Waals surface area contributed by atoms with Crippen LogP contribution in [0.3, 0.4) is 0 Å². The van der Waals surface area contributed by atoms with E-state index in [1.807, 2.05) is 0 Å². The third kappa shape index (κ3) is 2.99. The van der Waals surface area contributed by atoms with E-state index in [0.717, 1.165) is 12.7 Å². The number of likely N-dealkylation sites (N-methyl/N-ethyl adjacent to an activating group) is 1. The summed E-state index contributed by atoms with van der Waals surface area (Å²) in [5.41, 5.74) is 2.44. The summed E-state index contributed by atoms with van der Waals surface area (Å²) < 4.78 is 0. The predicted octanol–water partition coefficient (Wildman–Crippen LogP) is 1.32. The fraction of sp³-hybridized carbons (Fsp3) is 0.364. The standard InChI is InChI=1S/C11H15NO/c1-9-3-5-10(6-4-9)7-11(8-13)12-2/h3-6,8,11-12H,7H2,1-2H3. The number of aldehydes is 1. The molecule has 0 saturated heterocycles. The molecular formula is C11H15NO. The SMILES string of the molecule is CNC(C=O)Cc1ccc(C)cc1. The molecule has 0 amide bonds.